The van der Waals surface area contributed by atoms with Crippen LogP contribution in [0.1, 0.15) is 33.6 Å². The molecule has 1 heteroatoms. The van der Waals surface area contributed by atoms with Crippen LogP contribution < -0.4 is 5.73 Å². The summed E-state index contributed by atoms with van der Waals surface area (Å²) >= 11 is 0. The van der Waals surface area contributed by atoms with E-state index in [1.54, 1.807) is 0 Å². The van der Waals surface area contributed by atoms with Gasteiger partial charge in [0.15, 0.2) is 0 Å². The molecule has 0 bridgehead atoms. The summed E-state index contributed by atoms with van der Waals surface area (Å²) in [5, 5.41) is 0. The lowest BCUT2D eigenvalue weighted by molar-refractivity contribution is 0.308. The van der Waals surface area contributed by atoms with Gasteiger partial charge in [0.2, 0.25) is 0 Å². The molecule has 0 amide bonds. The van der Waals surface area contributed by atoms with Crippen LogP contribution in [0.5, 0.6) is 0 Å². The van der Waals surface area contributed by atoms with Crippen LogP contribution in [0.2, 0.25) is 0 Å². The van der Waals surface area contributed by atoms with Crippen LogP contribution in [0.4, 0.5) is 0 Å². The van der Waals surface area contributed by atoms with E-state index in [0.29, 0.717) is 11.5 Å². The Balaban J connectivity index is 2.62. The van der Waals surface area contributed by atoms with Crippen LogP contribution in [0.25, 0.3) is 0 Å². The molecule has 1 aliphatic rings. The van der Waals surface area contributed by atoms with Crippen molar-refractivity contribution in [2.45, 2.75) is 39.7 Å². The molecule has 9 heavy (non-hydrogen) atoms. The lowest BCUT2D eigenvalue weighted by Gasteiger charge is -2.24. The summed E-state index contributed by atoms with van der Waals surface area (Å²) in [6, 6.07) is 0.428. The van der Waals surface area contributed by atoms with Gasteiger partial charge in [-0.2, -0.15) is 0 Å². The molecule has 1 nitrogen and oxygen atoms in total. The van der Waals surface area contributed by atoms with Gasteiger partial charge in [-0.1, -0.05) is 20.8 Å². The van der Waals surface area contributed by atoms with Crippen molar-refractivity contribution in [2.24, 2.45) is 17.1 Å². The highest BCUT2D eigenvalue weighted by atomic mass is 14.7. The molecule has 0 aromatic rings. The molecule has 0 aromatic heterocycles. The molecule has 0 spiro atoms. The first-order valence-corrected chi connectivity index (χ1v) is 3.79. The van der Waals surface area contributed by atoms with Crippen LogP contribution in [0, 0.1) is 11.3 Å². The van der Waals surface area contributed by atoms with E-state index in [4.69, 9.17) is 5.73 Å². The van der Waals surface area contributed by atoms with Crippen molar-refractivity contribution in [1.29, 1.82) is 0 Å². The molecule has 2 atom stereocenters. The quantitative estimate of drug-likeness (QED) is 0.527. The van der Waals surface area contributed by atoms with Crippen LogP contribution in [-0.2, 0) is 0 Å². The molecule has 2 unspecified atom stereocenters. The maximum Gasteiger partial charge on any atom is 0.0116 e. The Morgan fingerprint density at radius 1 is 1.44 bits per heavy atom. The Labute approximate surface area is 57.6 Å². The van der Waals surface area contributed by atoms with Gasteiger partial charge in [-0.15, -0.1) is 0 Å². The van der Waals surface area contributed by atoms with E-state index >= 15 is 0 Å². The molecule has 1 rings (SSSR count). The molecular weight excluding hydrogens is 110 g/mol. The zero-order chi connectivity index (χ0) is 7.07. The summed E-state index contributed by atoms with van der Waals surface area (Å²) < 4.78 is 0. The van der Waals surface area contributed by atoms with Gasteiger partial charge >= 0.3 is 0 Å². The minimum atomic E-state index is 0.402. The predicted molar refractivity (Wildman–Crippen MR) is 40.2 cm³/mol. The van der Waals surface area contributed by atoms with Crippen LogP contribution in [0.3, 0.4) is 0 Å². The zero-order valence-electron chi connectivity index (χ0n) is 6.65. The third-order valence-electron chi connectivity index (χ3n) is 2.76. The summed E-state index contributed by atoms with van der Waals surface area (Å²) in [7, 11) is 0. The highest BCUT2D eigenvalue weighted by Gasteiger charge is 2.36. The Bertz CT molecular complexity index is 107. The Kier molecular flexibility index (Phi) is 1.55. The summed E-state index contributed by atoms with van der Waals surface area (Å²) in [6.45, 7) is 6.78. The van der Waals surface area contributed by atoms with Gasteiger partial charge in [0, 0.05) is 6.04 Å². The summed E-state index contributed by atoms with van der Waals surface area (Å²) in [6.07, 6.45) is 2.61. The summed E-state index contributed by atoms with van der Waals surface area (Å²) in [5.74, 6) is 0.736. The number of hydrogen-bond donors (Lipinski definition) is 1. The van der Waals surface area contributed by atoms with Crippen molar-refractivity contribution < 1.29 is 0 Å². The van der Waals surface area contributed by atoms with Crippen molar-refractivity contribution in [3.63, 3.8) is 0 Å². The van der Waals surface area contributed by atoms with E-state index in [0.717, 1.165) is 5.92 Å². The second kappa shape index (κ2) is 1.98. The third kappa shape index (κ3) is 1.11. The smallest absolute Gasteiger partial charge is 0.0116 e. The lowest BCUT2D eigenvalue weighted by Crippen LogP contribution is -2.35. The molecule has 54 valence electrons. The van der Waals surface area contributed by atoms with Gasteiger partial charge in [-0.25, -0.2) is 0 Å². The fourth-order valence-electron chi connectivity index (χ4n) is 1.72. The van der Waals surface area contributed by atoms with Crippen molar-refractivity contribution in [2.75, 3.05) is 0 Å². The molecular formula is C8H17N. The number of rotatable bonds is 0. The van der Waals surface area contributed by atoms with Crippen LogP contribution in [0.15, 0.2) is 0 Å². The molecule has 0 heterocycles. The van der Waals surface area contributed by atoms with Gasteiger partial charge in [0.25, 0.3) is 0 Å². The van der Waals surface area contributed by atoms with E-state index in [2.05, 4.69) is 20.8 Å². The standard InChI is InChI=1S/C8H17N/c1-6-4-5-8(2,3)7(6)9/h6-7H,4-5,9H2,1-3H3. The van der Waals surface area contributed by atoms with Gasteiger partial charge in [-0.3, -0.25) is 0 Å². The molecule has 1 fully saturated rings. The van der Waals surface area contributed by atoms with Crippen molar-refractivity contribution >= 4 is 0 Å². The Hall–Kier alpha value is -0.0400. The highest BCUT2D eigenvalue weighted by molar-refractivity contribution is 4.91. The molecule has 2 N–H and O–H groups in total. The van der Waals surface area contributed by atoms with Crippen molar-refractivity contribution in [3.05, 3.63) is 0 Å². The van der Waals surface area contributed by atoms with Gasteiger partial charge in [0.1, 0.15) is 0 Å². The first kappa shape index (κ1) is 7.07. The molecule has 0 aromatic carbocycles. The SMILES string of the molecule is CC1CCC(C)(C)C1N. The third-order valence-corrected chi connectivity index (χ3v) is 2.76. The van der Waals surface area contributed by atoms with E-state index < -0.39 is 0 Å². The summed E-state index contributed by atoms with van der Waals surface area (Å²) in [4.78, 5) is 0. The second-order valence-corrected chi connectivity index (χ2v) is 4.03. The minimum Gasteiger partial charge on any atom is -0.327 e. The topological polar surface area (TPSA) is 26.0 Å². The molecule has 0 saturated heterocycles. The number of nitrogens with two attached hydrogens (primary N) is 1. The van der Waals surface area contributed by atoms with Crippen LogP contribution >= 0.6 is 0 Å². The maximum atomic E-state index is 5.96. The average Bonchev–Trinajstić information content (AvgIpc) is 1.97. The fraction of sp³-hybridized carbons (Fsp3) is 1.00. The fourth-order valence-corrected chi connectivity index (χ4v) is 1.72. The average molecular weight is 127 g/mol. The molecule has 0 radical (unpaired) electrons. The van der Waals surface area contributed by atoms with Crippen molar-refractivity contribution in [1.82, 2.24) is 0 Å². The molecule has 1 saturated carbocycles. The largest absolute Gasteiger partial charge is 0.327 e. The van der Waals surface area contributed by atoms with E-state index in [-0.39, 0.29) is 0 Å². The predicted octanol–water partition coefficient (Wildman–Crippen LogP) is 1.77. The van der Waals surface area contributed by atoms with Gasteiger partial charge in [-0.05, 0) is 24.2 Å². The lowest BCUT2D eigenvalue weighted by atomic mass is 9.86. The van der Waals surface area contributed by atoms with E-state index in [1.165, 1.54) is 12.8 Å². The normalized spacial score (nSPS) is 41.3. The van der Waals surface area contributed by atoms with E-state index in [1.807, 2.05) is 0 Å². The first-order chi connectivity index (χ1) is 4.04. The zero-order valence-corrected chi connectivity index (χ0v) is 6.65. The highest BCUT2D eigenvalue weighted by Crippen LogP contribution is 2.39. The van der Waals surface area contributed by atoms with Gasteiger partial charge < -0.3 is 5.73 Å². The molecule has 1 aliphatic carbocycles. The van der Waals surface area contributed by atoms with Gasteiger partial charge in [0.05, 0.1) is 0 Å². The minimum absolute atomic E-state index is 0.402. The maximum absolute atomic E-state index is 5.96. The summed E-state index contributed by atoms with van der Waals surface area (Å²) in [5.41, 5.74) is 6.36. The number of hydrogen-bond acceptors (Lipinski definition) is 1. The van der Waals surface area contributed by atoms with E-state index in [9.17, 15) is 0 Å². The Morgan fingerprint density at radius 3 is 2.11 bits per heavy atom. The monoisotopic (exact) mass is 127 g/mol. The van der Waals surface area contributed by atoms with Crippen LogP contribution in [-0.4, -0.2) is 6.04 Å². The molecule has 0 aliphatic heterocycles. The van der Waals surface area contributed by atoms with Crippen molar-refractivity contribution in [3.8, 4) is 0 Å². The second-order valence-electron chi connectivity index (χ2n) is 4.03. The Morgan fingerprint density at radius 2 is 2.00 bits per heavy atom. The first-order valence-electron chi connectivity index (χ1n) is 3.79.